The van der Waals surface area contributed by atoms with E-state index in [0.29, 0.717) is 22.8 Å². The molecule has 7 nitrogen and oxygen atoms in total. The summed E-state index contributed by atoms with van der Waals surface area (Å²) in [5, 5.41) is 12.6. The lowest BCUT2D eigenvalue weighted by atomic mass is 10.2. The van der Waals surface area contributed by atoms with Crippen molar-refractivity contribution in [3.8, 4) is 5.75 Å². The molecule has 3 rings (SSSR count). The number of carbonyl (C=O) groups is 1. The zero-order chi connectivity index (χ0) is 19.2. The summed E-state index contributed by atoms with van der Waals surface area (Å²) in [6.07, 6.45) is 10.0. The fraction of sp³-hybridized carbons (Fsp3) is 0.100. The standard InChI is InChI=1S/C20H19N5O2/c1-25(2)20(27)15-9-17(11-21-10-15)24-19-13-22-16(12-23-19)7-6-14-4-3-5-18(26)8-14/h3-13,26H,1-2H3,(H,23,24)/b7-6+. The maximum atomic E-state index is 12.0. The van der Waals surface area contributed by atoms with Crippen molar-refractivity contribution in [3.63, 3.8) is 0 Å². The third-order valence-electron chi connectivity index (χ3n) is 3.65. The second-order valence-corrected chi connectivity index (χ2v) is 6.04. The third kappa shape index (κ3) is 4.88. The van der Waals surface area contributed by atoms with E-state index in [1.165, 1.54) is 11.1 Å². The molecule has 0 saturated carbocycles. The molecular weight excluding hydrogens is 342 g/mol. The molecule has 27 heavy (non-hydrogen) atoms. The number of nitrogens with zero attached hydrogens (tertiary/aromatic N) is 4. The maximum absolute atomic E-state index is 12.0. The van der Waals surface area contributed by atoms with Gasteiger partial charge in [-0.3, -0.25) is 14.8 Å². The number of anilines is 2. The summed E-state index contributed by atoms with van der Waals surface area (Å²) >= 11 is 0. The topological polar surface area (TPSA) is 91.2 Å². The number of aromatic nitrogens is 3. The van der Waals surface area contributed by atoms with Crippen molar-refractivity contribution >= 4 is 29.6 Å². The van der Waals surface area contributed by atoms with Gasteiger partial charge in [-0.15, -0.1) is 0 Å². The molecule has 7 heteroatoms. The van der Waals surface area contributed by atoms with Gasteiger partial charge in [-0.2, -0.15) is 0 Å². The Balaban J connectivity index is 1.69. The molecule has 3 aromatic rings. The first-order chi connectivity index (χ1) is 13.0. The Kier molecular flexibility index (Phi) is 5.41. The van der Waals surface area contributed by atoms with Crippen LogP contribution in [0, 0.1) is 0 Å². The Morgan fingerprint density at radius 1 is 1.07 bits per heavy atom. The number of rotatable bonds is 5. The van der Waals surface area contributed by atoms with Crippen LogP contribution in [0.15, 0.2) is 55.1 Å². The Morgan fingerprint density at radius 3 is 2.63 bits per heavy atom. The van der Waals surface area contributed by atoms with Crippen LogP contribution in [0.25, 0.3) is 12.2 Å². The smallest absolute Gasteiger partial charge is 0.254 e. The molecule has 0 unspecified atom stereocenters. The van der Waals surface area contributed by atoms with Gasteiger partial charge in [-0.25, -0.2) is 4.98 Å². The summed E-state index contributed by atoms with van der Waals surface area (Å²) in [5.41, 5.74) is 2.69. The van der Waals surface area contributed by atoms with Crippen molar-refractivity contribution < 1.29 is 9.90 Å². The second-order valence-electron chi connectivity index (χ2n) is 6.04. The van der Waals surface area contributed by atoms with Crippen LogP contribution in [0.3, 0.4) is 0 Å². The number of carbonyl (C=O) groups excluding carboxylic acids is 1. The van der Waals surface area contributed by atoms with Crippen LogP contribution in [0.1, 0.15) is 21.6 Å². The molecule has 0 saturated heterocycles. The summed E-state index contributed by atoms with van der Waals surface area (Å²) in [5.74, 6) is 0.636. The minimum atomic E-state index is -0.121. The highest BCUT2D eigenvalue weighted by atomic mass is 16.3. The Morgan fingerprint density at radius 2 is 1.93 bits per heavy atom. The maximum Gasteiger partial charge on any atom is 0.254 e. The predicted octanol–water partition coefficient (Wildman–Crippen LogP) is 3.19. The highest BCUT2D eigenvalue weighted by Gasteiger charge is 2.09. The first-order valence-corrected chi connectivity index (χ1v) is 8.24. The van der Waals surface area contributed by atoms with Gasteiger partial charge in [0.2, 0.25) is 0 Å². The molecule has 1 amide bonds. The van der Waals surface area contributed by atoms with Gasteiger partial charge in [-0.05, 0) is 29.8 Å². The quantitative estimate of drug-likeness (QED) is 0.725. The van der Waals surface area contributed by atoms with E-state index in [-0.39, 0.29) is 11.7 Å². The van der Waals surface area contributed by atoms with Crippen molar-refractivity contribution in [2.24, 2.45) is 0 Å². The normalized spacial score (nSPS) is 10.7. The van der Waals surface area contributed by atoms with E-state index < -0.39 is 0 Å². The monoisotopic (exact) mass is 361 g/mol. The lowest BCUT2D eigenvalue weighted by Gasteiger charge is -2.11. The van der Waals surface area contributed by atoms with Crippen molar-refractivity contribution in [1.29, 1.82) is 0 Å². The molecule has 136 valence electrons. The summed E-state index contributed by atoms with van der Waals surface area (Å²) in [6, 6.07) is 8.65. The molecule has 0 aliphatic carbocycles. The Labute approximate surface area is 157 Å². The second kappa shape index (κ2) is 8.09. The molecule has 0 spiro atoms. The summed E-state index contributed by atoms with van der Waals surface area (Å²) in [7, 11) is 3.38. The highest BCUT2D eigenvalue weighted by molar-refractivity contribution is 5.94. The van der Waals surface area contributed by atoms with E-state index >= 15 is 0 Å². The van der Waals surface area contributed by atoms with Gasteiger partial charge in [0.1, 0.15) is 11.6 Å². The van der Waals surface area contributed by atoms with E-state index in [1.807, 2.05) is 18.2 Å². The van der Waals surface area contributed by atoms with Gasteiger partial charge < -0.3 is 15.3 Å². The zero-order valence-electron chi connectivity index (χ0n) is 15.0. The number of benzene rings is 1. The minimum Gasteiger partial charge on any atom is -0.508 e. The van der Waals surface area contributed by atoms with E-state index in [2.05, 4.69) is 20.3 Å². The molecule has 0 atom stereocenters. The van der Waals surface area contributed by atoms with Crippen LogP contribution in [0.2, 0.25) is 0 Å². The number of aromatic hydroxyl groups is 1. The summed E-state index contributed by atoms with van der Waals surface area (Å²) < 4.78 is 0. The highest BCUT2D eigenvalue weighted by Crippen LogP contribution is 2.16. The number of phenols is 1. The first kappa shape index (κ1) is 18.1. The molecule has 0 radical (unpaired) electrons. The SMILES string of the molecule is CN(C)C(=O)c1cncc(Nc2cnc(/C=C/c3cccc(O)c3)cn2)c1. The fourth-order valence-electron chi connectivity index (χ4n) is 2.33. The summed E-state index contributed by atoms with van der Waals surface area (Å²) in [4.78, 5) is 26.2. The van der Waals surface area contributed by atoms with Crippen LogP contribution in [-0.2, 0) is 0 Å². The van der Waals surface area contributed by atoms with E-state index in [1.54, 1.807) is 57.0 Å². The number of phenolic OH excluding ortho intramolecular Hbond substituents is 1. The van der Waals surface area contributed by atoms with Gasteiger partial charge >= 0.3 is 0 Å². The molecule has 2 heterocycles. The van der Waals surface area contributed by atoms with Crippen LogP contribution in [0.4, 0.5) is 11.5 Å². The van der Waals surface area contributed by atoms with Crippen molar-refractivity contribution in [2.45, 2.75) is 0 Å². The van der Waals surface area contributed by atoms with Crippen molar-refractivity contribution in [3.05, 3.63) is 71.9 Å². The Bertz CT molecular complexity index is 968. The number of hydrogen-bond donors (Lipinski definition) is 2. The van der Waals surface area contributed by atoms with E-state index in [9.17, 15) is 9.90 Å². The molecule has 1 aromatic carbocycles. The molecule has 2 aromatic heterocycles. The predicted molar refractivity (Wildman–Crippen MR) is 105 cm³/mol. The van der Waals surface area contributed by atoms with E-state index in [0.717, 1.165) is 5.56 Å². The molecule has 0 aliphatic heterocycles. The third-order valence-corrected chi connectivity index (χ3v) is 3.65. The lowest BCUT2D eigenvalue weighted by molar-refractivity contribution is 0.0827. The molecule has 0 aliphatic rings. The molecule has 2 N–H and O–H groups in total. The van der Waals surface area contributed by atoms with E-state index in [4.69, 9.17) is 0 Å². The molecule has 0 fully saturated rings. The fourth-order valence-corrected chi connectivity index (χ4v) is 2.33. The Hall–Kier alpha value is -3.74. The van der Waals surface area contributed by atoms with Gasteiger partial charge in [0.15, 0.2) is 0 Å². The van der Waals surface area contributed by atoms with Gasteiger partial charge in [0.05, 0.1) is 35.5 Å². The van der Waals surface area contributed by atoms with Crippen LogP contribution < -0.4 is 5.32 Å². The van der Waals surface area contributed by atoms with Gasteiger partial charge in [0, 0.05) is 20.3 Å². The first-order valence-electron chi connectivity index (χ1n) is 8.24. The minimum absolute atomic E-state index is 0.121. The van der Waals surface area contributed by atoms with Gasteiger partial charge in [0.25, 0.3) is 5.91 Å². The lowest BCUT2D eigenvalue weighted by Crippen LogP contribution is -2.21. The molecular formula is C20H19N5O2. The van der Waals surface area contributed by atoms with Crippen molar-refractivity contribution in [1.82, 2.24) is 19.9 Å². The number of pyridine rings is 1. The summed E-state index contributed by atoms with van der Waals surface area (Å²) in [6.45, 7) is 0. The zero-order valence-corrected chi connectivity index (χ0v) is 15.0. The average Bonchev–Trinajstić information content (AvgIpc) is 2.67. The van der Waals surface area contributed by atoms with Crippen LogP contribution >= 0.6 is 0 Å². The largest absolute Gasteiger partial charge is 0.508 e. The molecule has 0 bridgehead atoms. The number of amides is 1. The average molecular weight is 361 g/mol. The van der Waals surface area contributed by atoms with Crippen LogP contribution in [0.5, 0.6) is 5.75 Å². The van der Waals surface area contributed by atoms with Gasteiger partial charge in [-0.1, -0.05) is 18.2 Å². The number of nitrogens with one attached hydrogen (secondary N) is 1. The van der Waals surface area contributed by atoms with Crippen molar-refractivity contribution in [2.75, 3.05) is 19.4 Å². The number of hydrogen-bond acceptors (Lipinski definition) is 6. The van der Waals surface area contributed by atoms with Crippen LogP contribution in [-0.4, -0.2) is 45.0 Å².